The molecule has 2 aliphatic rings. The summed E-state index contributed by atoms with van der Waals surface area (Å²) in [6, 6.07) is 15.7. The Kier molecular flexibility index (Phi) is 8.96. The van der Waals surface area contributed by atoms with Gasteiger partial charge in [0.25, 0.3) is 0 Å². The van der Waals surface area contributed by atoms with E-state index in [-0.39, 0.29) is 54.9 Å². The third-order valence-corrected chi connectivity index (χ3v) is 15.0. The van der Waals surface area contributed by atoms with Gasteiger partial charge < -0.3 is 13.9 Å². The first-order valence-corrected chi connectivity index (χ1v) is 21.4. The van der Waals surface area contributed by atoms with Gasteiger partial charge in [-0.1, -0.05) is 86.6 Å². The first-order valence-electron chi connectivity index (χ1n) is 18.8. The van der Waals surface area contributed by atoms with E-state index in [1.807, 2.05) is 88.7 Å². The molecule has 3 nitrogen and oxygen atoms in total. The van der Waals surface area contributed by atoms with Crippen LogP contribution in [-0.2, 0) is 21.7 Å². The summed E-state index contributed by atoms with van der Waals surface area (Å²) in [7, 11) is 2.73. The van der Waals surface area contributed by atoms with Gasteiger partial charge in [-0.25, -0.2) is 0 Å². The summed E-state index contributed by atoms with van der Waals surface area (Å²) in [6.45, 7) is 18.4. The number of thiophene rings is 3. The maximum atomic E-state index is 16.9. The lowest BCUT2D eigenvalue weighted by Crippen LogP contribution is -2.49. The van der Waals surface area contributed by atoms with Crippen molar-refractivity contribution in [2.45, 2.75) is 102 Å². The maximum Gasteiger partial charge on any atom is 0.380 e. The number of hydrogen-bond donors (Lipinski definition) is 0. The van der Waals surface area contributed by atoms with E-state index in [1.165, 1.54) is 55.1 Å². The van der Waals surface area contributed by atoms with Crippen LogP contribution in [0.15, 0.2) is 69.8 Å². The Balaban J connectivity index is 1.63. The van der Waals surface area contributed by atoms with Crippen LogP contribution in [-0.4, -0.2) is 32.0 Å². The fourth-order valence-electron chi connectivity index (χ4n) is 8.06. The number of allylic oxidation sites excluding steroid dienone is 2. The Morgan fingerprint density at radius 2 is 1.16 bits per heavy atom. The number of alkyl halides is 6. The van der Waals surface area contributed by atoms with Crippen molar-refractivity contribution in [3.63, 3.8) is 0 Å². The van der Waals surface area contributed by atoms with Crippen LogP contribution in [0.25, 0.3) is 31.9 Å². The molecule has 0 bridgehead atoms. The van der Waals surface area contributed by atoms with Crippen molar-refractivity contribution in [2.75, 3.05) is 14.2 Å². The van der Waals surface area contributed by atoms with Gasteiger partial charge in [-0.2, -0.15) is 26.3 Å². The number of halogens is 6. The van der Waals surface area contributed by atoms with Crippen molar-refractivity contribution in [1.29, 1.82) is 0 Å². The summed E-state index contributed by atoms with van der Waals surface area (Å²) in [4.78, 5) is 1.95. The Morgan fingerprint density at radius 1 is 0.603 bits per heavy atom. The van der Waals surface area contributed by atoms with E-state index in [2.05, 4.69) is 20.8 Å². The molecular weight excluding hydrogens is 811 g/mol. The average molecular weight is 855 g/mol. The zero-order valence-electron chi connectivity index (χ0n) is 34.1. The summed E-state index contributed by atoms with van der Waals surface area (Å²) in [6.07, 6.45) is 0. The quantitative estimate of drug-likeness (QED) is 0.162. The predicted molar refractivity (Wildman–Crippen MR) is 224 cm³/mol. The average Bonchev–Trinajstić information content (AvgIpc) is 3.96. The van der Waals surface area contributed by atoms with E-state index in [4.69, 9.17) is 13.9 Å². The highest BCUT2D eigenvalue weighted by molar-refractivity contribution is 7.22. The van der Waals surface area contributed by atoms with Crippen molar-refractivity contribution < 1.29 is 40.2 Å². The van der Waals surface area contributed by atoms with Crippen molar-refractivity contribution in [3.05, 3.63) is 114 Å². The van der Waals surface area contributed by atoms with E-state index in [9.17, 15) is 0 Å². The second-order valence-electron chi connectivity index (χ2n) is 18.3. The molecular formula is C46H44F6O3S3. The van der Waals surface area contributed by atoms with Crippen molar-refractivity contribution >= 4 is 56.1 Å². The smallest absolute Gasteiger partial charge is 0.380 e. The van der Waals surface area contributed by atoms with Gasteiger partial charge in [0, 0.05) is 53.2 Å². The summed E-state index contributed by atoms with van der Waals surface area (Å²) in [5.41, 5.74) is -2.96. The third kappa shape index (κ3) is 5.56. The molecule has 8 rings (SSSR count). The van der Waals surface area contributed by atoms with Crippen molar-refractivity contribution in [2.24, 2.45) is 0 Å². The highest BCUT2D eigenvalue weighted by Crippen LogP contribution is 2.71. The normalized spacial score (nSPS) is 19.9. The molecule has 6 aromatic rings. The molecule has 4 aromatic heterocycles. The van der Waals surface area contributed by atoms with E-state index in [0.717, 1.165) is 28.0 Å². The molecule has 1 atom stereocenters. The minimum Gasteiger partial charge on any atom is -0.493 e. The number of methoxy groups -OCH3 is 2. The summed E-state index contributed by atoms with van der Waals surface area (Å²) < 4.78 is 118. The molecule has 4 heterocycles. The number of furan rings is 1. The first kappa shape index (κ1) is 40.8. The van der Waals surface area contributed by atoms with Gasteiger partial charge in [0.05, 0.1) is 14.2 Å². The summed E-state index contributed by atoms with van der Waals surface area (Å²) in [5.74, 6) is -16.3. The number of benzene rings is 2. The van der Waals surface area contributed by atoms with Crippen molar-refractivity contribution in [3.8, 4) is 21.3 Å². The molecule has 0 spiro atoms. The molecule has 0 N–H and O–H groups in total. The first-order chi connectivity index (χ1) is 26.8. The Labute approximate surface area is 346 Å². The van der Waals surface area contributed by atoms with Crippen LogP contribution < -0.4 is 9.47 Å². The standard InChI is InChI=1S/C46H44F6O3S3/c1-40(2,3)23-12-14-24(15-13-23)43(34-17-26(22-57-34)42(7,8)9)38-35(27-18-30(53-10)31(54-11)20-29(27)55-38)37-36(44(47,48)46(51,52)45(37,49)50)28-19-33(58-39(28)43)32-16-25(21-56-32)41(4,5)6/h12-22H,1-11H3. The van der Waals surface area contributed by atoms with Gasteiger partial charge >= 0.3 is 17.8 Å². The lowest BCUT2D eigenvalue weighted by molar-refractivity contribution is -0.254. The molecule has 2 aliphatic carbocycles. The molecule has 0 saturated heterocycles. The third-order valence-electron chi connectivity index (χ3n) is 11.5. The zero-order chi connectivity index (χ0) is 42.3. The molecule has 0 aliphatic heterocycles. The predicted octanol–water partition coefficient (Wildman–Crippen LogP) is 14.7. The van der Waals surface area contributed by atoms with Gasteiger partial charge in [0.2, 0.25) is 0 Å². The van der Waals surface area contributed by atoms with Gasteiger partial charge in [0.15, 0.2) is 11.5 Å². The zero-order valence-corrected chi connectivity index (χ0v) is 36.5. The lowest BCUT2D eigenvalue weighted by Gasteiger charge is -2.34. The van der Waals surface area contributed by atoms with Crippen LogP contribution in [0.2, 0.25) is 0 Å². The van der Waals surface area contributed by atoms with Crippen LogP contribution in [0, 0.1) is 0 Å². The number of fused-ring (bicyclic) bond motifs is 6. The summed E-state index contributed by atoms with van der Waals surface area (Å²) in [5, 5.41) is 3.87. The molecule has 0 fully saturated rings. The highest BCUT2D eigenvalue weighted by atomic mass is 32.1. The number of hydrogen-bond acceptors (Lipinski definition) is 6. The van der Waals surface area contributed by atoms with Gasteiger partial charge in [-0.3, -0.25) is 0 Å². The Morgan fingerprint density at radius 3 is 1.71 bits per heavy atom. The minimum absolute atomic E-state index is 0.0135. The van der Waals surface area contributed by atoms with E-state index in [0.29, 0.717) is 20.2 Å². The SMILES string of the molecule is COc1cc2oc3c(c2cc1OC)C1=C(c2cc(-c4cc(C(C)(C)C)cs4)sc2C3(c2ccc(C(C)(C)C)cc2)c2cc(C(C)(C)C)cs2)C(F)(F)C(F)(F)C1(F)F. The maximum absolute atomic E-state index is 16.9. The fourth-order valence-corrected chi connectivity index (χ4v) is 12.1. The fraction of sp³-hybridized carbons (Fsp3) is 0.391. The molecule has 58 heavy (non-hydrogen) atoms. The molecule has 0 amide bonds. The van der Waals surface area contributed by atoms with Crippen LogP contribution in [0.4, 0.5) is 26.3 Å². The molecule has 306 valence electrons. The second kappa shape index (κ2) is 12.8. The monoisotopic (exact) mass is 854 g/mol. The Bertz CT molecular complexity index is 2630. The lowest BCUT2D eigenvalue weighted by atomic mass is 9.71. The van der Waals surface area contributed by atoms with Gasteiger partial charge in [-0.05, 0) is 73.5 Å². The molecule has 12 heteroatoms. The topological polar surface area (TPSA) is 31.6 Å². The van der Waals surface area contributed by atoms with E-state index >= 15 is 26.3 Å². The molecule has 1 unspecified atom stereocenters. The van der Waals surface area contributed by atoms with Crippen LogP contribution in [0.1, 0.15) is 111 Å². The summed E-state index contributed by atoms with van der Waals surface area (Å²) >= 11 is 3.87. The largest absolute Gasteiger partial charge is 0.493 e. The van der Waals surface area contributed by atoms with E-state index in [1.54, 1.807) is 0 Å². The molecule has 2 aromatic carbocycles. The number of ether oxygens (including phenoxy) is 2. The minimum atomic E-state index is -5.78. The van der Waals surface area contributed by atoms with Crippen LogP contribution in [0.5, 0.6) is 11.5 Å². The van der Waals surface area contributed by atoms with Gasteiger partial charge in [-0.15, -0.1) is 34.0 Å². The van der Waals surface area contributed by atoms with Crippen molar-refractivity contribution in [1.82, 2.24) is 0 Å². The van der Waals surface area contributed by atoms with Crippen LogP contribution >= 0.6 is 34.0 Å². The Hall–Kier alpha value is -4.00. The number of rotatable bonds is 5. The van der Waals surface area contributed by atoms with E-state index < -0.39 is 39.9 Å². The highest BCUT2D eigenvalue weighted by Gasteiger charge is 2.81. The second-order valence-corrected chi connectivity index (χ2v) is 21.2. The molecule has 0 radical (unpaired) electrons. The van der Waals surface area contributed by atoms with Crippen LogP contribution in [0.3, 0.4) is 0 Å². The molecule has 0 saturated carbocycles. The van der Waals surface area contributed by atoms with Gasteiger partial charge in [0.1, 0.15) is 16.8 Å².